The second-order valence-electron chi connectivity index (χ2n) is 5.07. The Hall–Kier alpha value is -0.900. The Kier molecular flexibility index (Phi) is 7.06. The van der Waals surface area contributed by atoms with Gasteiger partial charge in [0.15, 0.2) is 0 Å². The lowest BCUT2D eigenvalue weighted by Crippen LogP contribution is -2.26. The van der Waals surface area contributed by atoms with Crippen molar-refractivity contribution in [2.24, 2.45) is 0 Å². The van der Waals surface area contributed by atoms with Gasteiger partial charge in [-0.3, -0.25) is 0 Å². The third kappa shape index (κ3) is 5.72. The van der Waals surface area contributed by atoms with Crippen LogP contribution in [0.15, 0.2) is 18.2 Å². The van der Waals surface area contributed by atoms with Crippen molar-refractivity contribution in [1.82, 2.24) is 5.32 Å². The maximum Gasteiger partial charge on any atom is 0.0781 e. The second kappa shape index (κ2) is 8.31. The van der Waals surface area contributed by atoms with Gasteiger partial charge in [-0.1, -0.05) is 29.3 Å². The maximum absolute atomic E-state index is 5.84. The average Bonchev–Trinajstić information content (AvgIpc) is 2.36. The van der Waals surface area contributed by atoms with E-state index in [-0.39, 0.29) is 12.1 Å². The molecule has 19 heavy (non-hydrogen) atoms. The van der Waals surface area contributed by atoms with E-state index in [9.17, 15) is 0 Å². The van der Waals surface area contributed by atoms with Crippen molar-refractivity contribution in [3.8, 4) is 0 Å². The topological polar surface area (TPSA) is 30.5 Å². The summed E-state index contributed by atoms with van der Waals surface area (Å²) in [6.45, 7) is 10.3. The van der Waals surface area contributed by atoms with Crippen LogP contribution >= 0.6 is 0 Å². The molecule has 0 radical (unpaired) electrons. The van der Waals surface area contributed by atoms with Gasteiger partial charge in [-0.25, -0.2) is 0 Å². The number of hydrogen-bond acceptors (Lipinski definition) is 3. The molecule has 0 bridgehead atoms. The summed E-state index contributed by atoms with van der Waals surface area (Å²) in [4.78, 5) is 0. The Balaban J connectivity index is 2.57. The molecule has 1 aromatic rings. The van der Waals surface area contributed by atoms with Crippen LogP contribution in [-0.2, 0) is 9.47 Å². The van der Waals surface area contributed by atoms with E-state index in [1.807, 2.05) is 20.9 Å². The molecule has 1 N–H and O–H groups in total. The lowest BCUT2D eigenvalue weighted by atomic mass is 10.0. The van der Waals surface area contributed by atoms with Gasteiger partial charge in [0.2, 0.25) is 0 Å². The quantitative estimate of drug-likeness (QED) is 0.784. The highest BCUT2D eigenvalue weighted by Crippen LogP contribution is 2.17. The van der Waals surface area contributed by atoms with Crippen LogP contribution in [0.25, 0.3) is 0 Å². The predicted octanol–water partition coefficient (Wildman–Crippen LogP) is 3.01. The van der Waals surface area contributed by atoms with Crippen molar-refractivity contribution in [1.29, 1.82) is 0 Å². The van der Waals surface area contributed by atoms with Gasteiger partial charge in [0.1, 0.15) is 0 Å². The molecule has 0 saturated carbocycles. The van der Waals surface area contributed by atoms with Crippen molar-refractivity contribution in [2.75, 3.05) is 26.9 Å². The summed E-state index contributed by atoms with van der Waals surface area (Å²) in [6.07, 6.45) is 0.127. The zero-order chi connectivity index (χ0) is 14.3. The molecule has 1 rings (SSSR count). The first-order valence-corrected chi connectivity index (χ1v) is 7.01. The first kappa shape index (κ1) is 16.2. The number of likely N-dealkylation sites (N-methyl/N-ethyl adjacent to an activating group) is 1. The molecule has 0 aliphatic carbocycles. The standard InChI is InChI=1S/C16H27NO2/c1-6-18-10-14(4)19-11-16(17-5)15-8-12(2)7-13(3)9-15/h7-9,14,16-17H,6,10-11H2,1-5H3. The van der Waals surface area contributed by atoms with E-state index >= 15 is 0 Å². The minimum Gasteiger partial charge on any atom is -0.379 e. The molecule has 1 aromatic carbocycles. The van der Waals surface area contributed by atoms with Crippen LogP contribution in [0.1, 0.15) is 36.6 Å². The lowest BCUT2D eigenvalue weighted by Gasteiger charge is -2.21. The summed E-state index contributed by atoms with van der Waals surface area (Å²) < 4.78 is 11.2. The van der Waals surface area contributed by atoms with Gasteiger partial charge in [0, 0.05) is 6.61 Å². The van der Waals surface area contributed by atoms with Crippen LogP contribution in [0, 0.1) is 13.8 Å². The maximum atomic E-state index is 5.84. The van der Waals surface area contributed by atoms with Gasteiger partial charge < -0.3 is 14.8 Å². The normalized spacial score (nSPS) is 14.4. The summed E-state index contributed by atoms with van der Waals surface area (Å²) in [5.41, 5.74) is 3.86. The van der Waals surface area contributed by atoms with Crippen LogP contribution in [0.4, 0.5) is 0 Å². The molecule has 0 fully saturated rings. The molecule has 0 amide bonds. The zero-order valence-corrected chi connectivity index (χ0v) is 12.8. The number of ether oxygens (including phenoxy) is 2. The van der Waals surface area contributed by atoms with Crippen LogP contribution in [0.3, 0.4) is 0 Å². The molecule has 0 aromatic heterocycles. The monoisotopic (exact) mass is 265 g/mol. The van der Waals surface area contributed by atoms with Gasteiger partial charge in [0.25, 0.3) is 0 Å². The molecule has 0 saturated heterocycles. The highest BCUT2D eigenvalue weighted by molar-refractivity contribution is 5.30. The summed E-state index contributed by atoms with van der Waals surface area (Å²) in [6, 6.07) is 6.84. The Labute approximate surface area is 117 Å². The highest BCUT2D eigenvalue weighted by atomic mass is 16.5. The first-order valence-electron chi connectivity index (χ1n) is 7.01. The predicted molar refractivity (Wildman–Crippen MR) is 79.6 cm³/mol. The molecule has 0 heterocycles. The van der Waals surface area contributed by atoms with Crippen LogP contribution in [0.5, 0.6) is 0 Å². The summed E-state index contributed by atoms with van der Waals surface area (Å²) in [5, 5.41) is 3.32. The van der Waals surface area contributed by atoms with E-state index in [4.69, 9.17) is 9.47 Å². The second-order valence-corrected chi connectivity index (χ2v) is 5.07. The SMILES string of the molecule is CCOCC(C)OCC(NC)c1cc(C)cc(C)c1. The Bertz CT molecular complexity index is 359. The number of rotatable bonds is 8. The molecule has 0 spiro atoms. The molecule has 3 heteroatoms. The van der Waals surface area contributed by atoms with E-state index in [2.05, 4.69) is 37.4 Å². The molecule has 2 unspecified atom stereocenters. The van der Waals surface area contributed by atoms with Gasteiger partial charge >= 0.3 is 0 Å². The average molecular weight is 265 g/mol. The third-order valence-electron chi connectivity index (χ3n) is 3.10. The molecular weight excluding hydrogens is 238 g/mol. The Morgan fingerprint density at radius 3 is 2.26 bits per heavy atom. The van der Waals surface area contributed by atoms with Crippen LogP contribution in [-0.4, -0.2) is 33.0 Å². The van der Waals surface area contributed by atoms with E-state index in [1.165, 1.54) is 16.7 Å². The lowest BCUT2D eigenvalue weighted by molar-refractivity contribution is -0.0110. The van der Waals surface area contributed by atoms with Crippen molar-refractivity contribution in [3.05, 3.63) is 34.9 Å². The Morgan fingerprint density at radius 1 is 1.11 bits per heavy atom. The molecule has 3 nitrogen and oxygen atoms in total. The van der Waals surface area contributed by atoms with Gasteiger partial charge in [0.05, 0.1) is 25.4 Å². The minimum absolute atomic E-state index is 0.127. The van der Waals surface area contributed by atoms with Crippen LogP contribution < -0.4 is 5.32 Å². The number of nitrogens with one attached hydrogen (secondary N) is 1. The first-order chi connectivity index (χ1) is 9.06. The number of benzene rings is 1. The molecular formula is C16H27NO2. The van der Waals surface area contributed by atoms with Crippen molar-refractivity contribution in [3.63, 3.8) is 0 Å². The van der Waals surface area contributed by atoms with Crippen molar-refractivity contribution < 1.29 is 9.47 Å². The summed E-state index contributed by atoms with van der Waals surface area (Å²) >= 11 is 0. The Morgan fingerprint density at radius 2 is 1.74 bits per heavy atom. The molecule has 2 atom stereocenters. The van der Waals surface area contributed by atoms with Crippen LogP contribution in [0.2, 0.25) is 0 Å². The molecule has 0 aliphatic rings. The third-order valence-corrected chi connectivity index (χ3v) is 3.10. The fourth-order valence-electron chi connectivity index (χ4n) is 2.15. The van der Waals surface area contributed by atoms with E-state index < -0.39 is 0 Å². The van der Waals surface area contributed by atoms with E-state index in [0.717, 1.165) is 6.61 Å². The van der Waals surface area contributed by atoms with Gasteiger partial charge in [-0.2, -0.15) is 0 Å². The van der Waals surface area contributed by atoms with Crippen molar-refractivity contribution >= 4 is 0 Å². The zero-order valence-electron chi connectivity index (χ0n) is 12.8. The van der Waals surface area contributed by atoms with Gasteiger partial charge in [-0.05, 0) is 40.3 Å². The van der Waals surface area contributed by atoms with Gasteiger partial charge in [-0.15, -0.1) is 0 Å². The molecule has 108 valence electrons. The van der Waals surface area contributed by atoms with E-state index in [0.29, 0.717) is 13.2 Å². The summed E-state index contributed by atoms with van der Waals surface area (Å²) in [7, 11) is 1.97. The fourth-order valence-corrected chi connectivity index (χ4v) is 2.15. The number of aryl methyl sites for hydroxylation is 2. The highest BCUT2D eigenvalue weighted by Gasteiger charge is 2.12. The van der Waals surface area contributed by atoms with Crippen molar-refractivity contribution in [2.45, 2.75) is 39.8 Å². The number of hydrogen-bond donors (Lipinski definition) is 1. The summed E-state index contributed by atoms with van der Waals surface area (Å²) in [5.74, 6) is 0. The minimum atomic E-state index is 0.127. The fraction of sp³-hybridized carbons (Fsp3) is 0.625. The largest absolute Gasteiger partial charge is 0.379 e. The smallest absolute Gasteiger partial charge is 0.0781 e. The molecule has 0 aliphatic heterocycles. The van der Waals surface area contributed by atoms with E-state index in [1.54, 1.807) is 0 Å².